The number of anilines is 2. The van der Waals surface area contributed by atoms with E-state index in [1.54, 1.807) is 17.0 Å². The Labute approximate surface area is 192 Å². The Kier molecular flexibility index (Phi) is 6.46. The van der Waals surface area contributed by atoms with Crippen LogP contribution in [0.2, 0.25) is 0 Å². The van der Waals surface area contributed by atoms with Crippen LogP contribution in [0.25, 0.3) is 5.69 Å². The van der Waals surface area contributed by atoms with Crippen molar-refractivity contribution >= 4 is 17.5 Å². The summed E-state index contributed by atoms with van der Waals surface area (Å²) in [4.78, 5) is 30.7. The van der Waals surface area contributed by atoms with Gasteiger partial charge in [-0.3, -0.25) is 19.1 Å². The summed E-state index contributed by atoms with van der Waals surface area (Å²) in [7, 11) is 0. The molecule has 2 N–H and O–H groups in total. The van der Waals surface area contributed by atoms with Gasteiger partial charge in [-0.15, -0.1) is 0 Å². The number of hydrogen-bond donors (Lipinski definition) is 2. The van der Waals surface area contributed by atoms with Crippen molar-refractivity contribution < 1.29 is 14.6 Å². The summed E-state index contributed by atoms with van der Waals surface area (Å²) in [6, 6.07) is 11.4. The highest BCUT2D eigenvalue weighted by molar-refractivity contribution is 5.71. The lowest BCUT2D eigenvalue weighted by Crippen LogP contribution is -2.49. The number of carboxylic acids is 1. The SMILES string of the molecule is CCOc1ccccc1Nc1nccn(-c2cc(C)c(CN3CC(C(=O)O)C3)c(C)c2)c1=O. The molecule has 0 atom stereocenters. The van der Waals surface area contributed by atoms with Gasteiger partial charge in [0.05, 0.1) is 18.2 Å². The van der Waals surface area contributed by atoms with Gasteiger partial charge in [0.15, 0.2) is 5.82 Å². The van der Waals surface area contributed by atoms with E-state index in [4.69, 9.17) is 9.84 Å². The van der Waals surface area contributed by atoms with Gasteiger partial charge >= 0.3 is 5.97 Å². The lowest BCUT2D eigenvalue weighted by atomic mass is 9.96. The van der Waals surface area contributed by atoms with E-state index in [1.165, 1.54) is 0 Å². The third kappa shape index (κ3) is 4.75. The average Bonchev–Trinajstić information content (AvgIpc) is 2.74. The molecule has 0 amide bonds. The van der Waals surface area contributed by atoms with Crippen molar-refractivity contribution in [2.75, 3.05) is 25.0 Å². The van der Waals surface area contributed by atoms with E-state index >= 15 is 0 Å². The summed E-state index contributed by atoms with van der Waals surface area (Å²) < 4.78 is 7.21. The number of likely N-dealkylation sites (tertiary alicyclic amines) is 1. The lowest BCUT2D eigenvalue weighted by molar-refractivity contribution is -0.147. The Morgan fingerprint density at radius 1 is 1.21 bits per heavy atom. The molecule has 1 aliphatic heterocycles. The summed E-state index contributed by atoms with van der Waals surface area (Å²) in [5, 5.41) is 12.2. The highest BCUT2D eigenvalue weighted by atomic mass is 16.5. The van der Waals surface area contributed by atoms with Crippen LogP contribution in [0.15, 0.2) is 53.6 Å². The van der Waals surface area contributed by atoms with Crippen molar-refractivity contribution in [3.05, 3.63) is 75.8 Å². The average molecular weight is 449 g/mol. The van der Waals surface area contributed by atoms with E-state index in [0.29, 0.717) is 37.7 Å². The van der Waals surface area contributed by atoms with Crippen molar-refractivity contribution in [3.63, 3.8) is 0 Å². The summed E-state index contributed by atoms with van der Waals surface area (Å²) in [5.74, 6) is -0.146. The highest BCUT2D eigenvalue weighted by Gasteiger charge is 2.32. The molecular weight excluding hydrogens is 420 g/mol. The van der Waals surface area contributed by atoms with Gasteiger partial charge in [0.1, 0.15) is 5.75 Å². The van der Waals surface area contributed by atoms with E-state index in [9.17, 15) is 9.59 Å². The predicted octanol–water partition coefficient (Wildman–Crippen LogP) is 3.51. The molecule has 1 aromatic heterocycles. The fourth-order valence-corrected chi connectivity index (χ4v) is 4.12. The third-order valence-corrected chi connectivity index (χ3v) is 5.93. The van der Waals surface area contributed by atoms with Crippen molar-refractivity contribution in [2.45, 2.75) is 27.3 Å². The van der Waals surface area contributed by atoms with Gasteiger partial charge in [0, 0.05) is 37.7 Å². The first-order valence-electron chi connectivity index (χ1n) is 11.0. The number of aryl methyl sites for hydroxylation is 2. The summed E-state index contributed by atoms with van der Waals surface area (Å²) >= 11 is 0. The Morgan fingerprint density at radius 2 is 1.91 bits per heavy atom. The van der Waals surface area contributed by atoms with Crippen LogP contribution in [-0.4, -0.2) is 45.2 Å². The van der Waals surface area contributed by atoms with E-state index in [0.717, 1.165) is 22.4 Å². The van der Waals surface area contributed by atoms with Gasteiger partial charge in [-0.2, -0.15) is 0 Å². The number of aromatic nitrogens is 2. The largest absolute Gasteiger partial charge is 0.492 e. The molecular formula is C25H28N4O4. The molecule has 8 nitrogen and oxygen atoms in total. The Hall–Kier alpha value is -3.65. The van der Waals surface area contributed by atoms with Crippen LogP contribution in [0.5, 0.6) is 5.75 Å². The molecule has 0 saturated carbocycles. The van der Waals surface area contributed by atoms with Crippen LogP contribution >= 0.6 is 0 Å². The van der Waals surface area contributed by atoms with Crippen LogP contribution in [0.4, 0.5) is 11.5 Å². The first-order valence-corrected chi connectivity index (χ1v) is 11.0. The maximum atomic E-state index is 13.2. The van der Waals surface area contributed by atoms with Gasteiger partial charge in [-0.05, 0) is 61.7 Å². The monoisotopic (exact) mass is 448 g/mol. The molecule has 0 aliphatic carbocycles. The second-order valence-corrected chi connectivity index (χ2v) is 8.29. The molecule has 1 fully saturated rings. The van der Waals surface area contributed by atoms with Crippen LogP contribution < -0.4 is 15.6 Å². The van der Waals surface area contributed by atoms with Crippen LogP contribution in [0, 0.1) is 19.8 Å². The van der Waals surface area contributed by atoms with Crippen LogP contribution in [-0.2, 0) is 11.3 Å². The standard InChI is InChI=1S/C25H28N4O4/c1-4-33-22-8-6-5-7-21(22)27-23-24(30)29(10-9-26-23)19-11-16(2)20(17(3)12-19)15-28-13-18(14-28)25(31)32/h5-12,18H,4,13-15H2,1-3H3,(H,26,27)(H,31,32). The second kappa shape index (κ2) is 9.46. The van der Waals surface area contributed by atoms with Crippen LogP contribution in [0.3, 0.4) is 0 Å². The fourth-order valence-electron chi connectivity index (χ4n) is 4.12. The number of hydrogen-bond acceptors (Lipinski definition) is 6. The number of carbonyl (C=O) groups is 1. The first-order chi connectivity index (χ1) is 15.9. The minimum absolute atomic E-state index is 0.212. The molecule has 0 bridgehead atoms. The minimum Gasteiger partial charge on any atom is -0.492 e. The summed E-state index contributed by atoms with van der Waals surface area (Å²) in [5.41, 5.74) is 4.45. The zero-order valence-electron chi connectivity index (χ0n) is 19.0. The topological polar surface area (TPSA) is 96.7 Å². The number of rotatable bonds is 8. The van der Waals surface area contributed by atoms with Crippen molar-refractivity contribution in [1.82, 2.24) is 14.5 Å². The molecule has 0 spiro atoms. The molecule has 0 unspecified atom stereocenters. The maximum Gasteiger partial charge on any atom is 0.309 e. The smallest absolute Gasteiger partial charge is 0.309 e. The van der Waals surface area contributed by atoms with Crippen molar-refractivity contribution in [2.24, 2.45) is 5.92 Å². The normalized spacial score (nSPS) is 14.0. The van der Waals surface area contributed by atoms with E-state index in [1.807, 2.05) is 57.2 Å². The second-order valence-electron chi connectivity index (χ2n) is 8.29. The number of nitrogens with zero attached hydrogens (tertiary/aromatic N) is 3. The first kappa shape index (κ1) is 22.5. The molecule has 172 valence electrons. The number of aliphatic carboxylic acids is 1. The lowest BCUT2D eigenvalue weighted by Gasteiger charge is -2.37. The van der Waals surface area contributed by atoms with Gasteiger partial charge in [-0.25, -0.2) is 4.98 Å². The van der Waals surface area contributed by atoms with E-state index < -0.39 is 5.97 Å². The Bertz CT molecular complexity index is 1210. The molecule has 2 aromatic carbocycles. The number of ether oxygens (including phenoxy) is 1. The van der Waals surface area contributed by atoms with Crippen molar-refractivity contribution in [1.29, 1.82) is 0 Å². The number of para-hydroxylation sites is 2. The molecule has 8 heteroatoms. The molecule has 3 aromatic rings. The highest BCUT2D eigenvalue weighted by Crippen LogP contribution is 2.27. The molecule has 2 heterocycles. The summed E-state index contributed by atoms with van der Waals surface area (Å²) in [6.07, 6.45) is 3.25. The van der Waals surface area contributed by atoms with Crippen molar-refractivity contribution in [3.8, 4) is 11.4 Å². The van der Waals surface area contributed by atoms with Gasteiger partial charge < -0.3 is 15.2 Å². The summed E-state index contributed by atoms with van der Waals surface area (Å²) in [6.45, 7) is 8.30. The predicted molar refractivity (Wildman–Crippen MR) is 127 cm³/mol. The molecule has 1 aliphatic rings. The molecule has 4 rings (SSSR count). The quantitative estimate of drug-likeness (QED) is 0.544. The van der Waals surface area contributed by atoms with Gasteiger partial charge in [-0.1, -0.05) is 12.1 Å². The maximum absolute atomic E-state index is 13.2. The zero-order chi connectivity index (χ0) is 23.5. The number of nitrogens with one attached hydrogen (secondary N) is 1. The molecule has 0 radical (unpaired) electrons. The van der Waals surface area contributed by atoms with E-state index in [2.05, 4.69) is 15.2 Å². The molecule has 33 heavy (non-hydrogen) atoms. The number of benzene rings is 2. The van der Waals surface area contributed by atoms with Gasteiger partial charge in [0.25, 0.3) is 5.56 Å². The number of carboxylic acid groups (broad SMARTS) is 1. The fraction of sp³-hybridized carbons (Fsp3) is 0.320. The zero-order valence-corrected chi connectivity index (χ0v) is 19.0. The third-order valence-electron chi connectivity index (χ3n) is 5.93. The van der Waals surface area contributed by atoms with Gasteiger partial charge in [0.2, 0.25) is 0 Å². The minimum atomic E-state index is -0.736. The van der Waals surface area contributed by atoms with E-state index in [-0.39, 0.29) is 17.3 Å². The Balaban J connectivity index is 1.59. The molecule has 1 saturated heterocycles. The Morgan fingerprint density at radius 3 is 2.58 bits per heavy atom. The van der Waals surface area contributed by atoms with Crippen LogP contribution in [0.1, 0.15) is 23.6 Å².